The van der Waals surface area contributed by atoms with Gasteiger partial charge in [-0.1, -0.05) is 97.2 Å². The molecule has 5 atom stereocenters. The summed E-state index contributed by atoms with van der Waals surface area (Å²) in [4.78, 5) is 23.2. The van der Waals surface area contributed by atoms with E-state index in [9.17, 15) is 14.3 Å². The summed E-state index contributed by atoms with van der Waals surface area (Å²) in [6, 6.07) is 8.66. The van der Waals surface area contributed by atoms with Gasteiger partial charge in [0.2, 0.25) is 0 Å². The van der Waals surface area contributed by atoms with Gasteiger partial charge in [-0.2, -0.15) is 0 Å². The first kappa shape index (κ1) is 42.3. The van der Waals surface area contributed by atoms with Gasteiger partial charge in [-0.3, -0.25) is 9.36 Å². The van der Waals surface area contributed by atoms with E-state index in [1.165, 1.54) is 17.8 Å². The second-order valence-corrected chi connectivity index (χ2v) is 29.3. The van der Waals surface area contributed by atoms with E-state index in [0.29, 0.717) is 25.0 Å². The van der Waals surface area contributed by atoms with E-state index < -0.39 is 24.0 Å². The first-order valence-electron chi connectivity index (χ1n) is 18.0. The zero-order valence-electron chi connectivity index (χ0n) is 32.0. The normalized spacial score (nSPS) is 21.8. The molecule has 0 aliphatic heterocycles. The number of carbonyl (C=O) groups is 1. The van der Waals surface area contributed by atoms with Crippen molar-refractivity contribution >= 4 is 29.8 Å². The molecule has 1 fully saturated rings. The predicted octanol–water partition coefficient (Wildman–Crippen LogP) is 10.5. The minimum atomic E-state index is -2.96. The number of hydrogen-bond acceptors (Lipinski definition) is 5. The number of aryl methyl sites for hydroxylation is 1. The number of unbranched alkanes of at least 4 members (excludes halogenated alkanes) is 3. The molecule has 270 valence electrons. The Morgan fingerprint density at radius 3 is 2.17 bits per heavy atom. The lowest BCUT2D eigenvalue weighted by molar-refractivity contribution is -0.121. The number of ketones is 1. The average molecular weight is 709 g/mol. The van der Waals surface area contributed by atoms with Crippen molar-refractivity contribution in [2.45, 2.75) is 154 Å². The van der Waals surface area contributed by atoms with Gasteiger partial charge in [-0.25, -0.2) is 0 Å². The lowest BCUT2D eigenvalue weighted by atomic mass is 9.88. The molecular weight excluding hydrogens is 640 g/mol. The Labute approximate surface area is 290 Å². The maximum atomic E-state index is 13.6. The molecule has 0 bridgehead atoms. The third kappa shape index (κ3) is 14.1. The Kier molecular flexibility index (Phi) is 16.1. The van der Waals surface area contributed by atoms with Crippen LogP contribution < -0.4 is 0 Å². The standard InChI is InChI=1S/C38H69O6PSi2/c1-37(2,3)46(9,10)43-32(22-18-20-30-19-17-21-31(27-30)29-42-7)24-25-34-33(23-15-13-14-16-26-45(8,40)41)35(39)28-36(34)44-47(11,12)38(4,5)6/h17,19,21,24-25,27,32-34,36H,13-16,18,20,22-23,26,28-29H2,1-12H3,(H,40,41)/t32-,33+,34+,36+/m0/s1. The van der Waals surface area contributed by atoms with E-state index in [1.54, 1.807) is 7.11 Å². The number of rotatable bonds is 19. The number of benzene rings is 1. The van der Waals surface area contributed by atoms with E-state index >= 15 is 0 Å². The van der Waals surface area contributed by atoms with Crippen LogP contribution in [-0.4, -0.2) is 59.5 Å². The molecule has 1 N–H and O–H groups in total. The number of Topliss-reactive ketones (excluding diaryl/α,β-unsaturated/α-hetero) is 1. The van der Waals surface area contributed by atoms with Crippen LogP contribution in [0.4, 0.5) is 0 Å². The Morgan fingerprint density at radius 2 is 1.57 bits per heavy atom. The molecule has 1 saturated carbocycles. The summed E-state index contributed by atoms with van der Waals surface area (Å²) in [6.07, 6.45) is 12.6. The van der Waals surface area contributed by atoms with Gasteiger partial charge < -0.3 is 18.5 Å². The molecule has 1 aliphatic rings. The zero-order chi connectivity index (χ0) is 35.7. The molecule has 0 amide bonds. The Balaban J connectivity index is 2.29. The van der Waals surface area contributed by atoms with Gasteiger partial charge in [0.1, 0.15) is 5.78 Å². The van der Waals surface area contributed by atoms with Gasteiger partial charge in [0.25, 0.3) is 0 Å². The molecular formula is C38H69O6PSi2. The summed E-state index contributed by atoms with van der Waals surface area (Å²) < 4.78 is 31.1. The summed E-state index contributed by atoms with van der Waals surface area (Å²) in [6.45, 7) is 24.9. The number of carbonyl (C=O) groups excluding carboxylic acids is 1. The fraction of sp³-hybridized carbons (Fsp3) is 0.763. The molecule has 1 aromatic rings. The van der Waals surface area contributed by atoms with Crippen molar-refractivity contribution in [1.82, 2.24) is 0 Å². The van der Waals surface area contributed by atoms with Gasteiger partial charge in [-0.05, 0) is 79.5 Å². The largest absolute Gasteiger partial charge is 0.413 e. The molecule has 1 aliphatic carbocycles. The highest BCUT2D eigenvalue weighted by molar-refractivity contribution is 7.57. The highest BCUT2D eigenvalue weighted by Crippen LogP contribution is 2.44. The Bertz CT molecular complexity index is 1190. The van der Waals surface area contributed by atoms with E-state index in [2.05, 4.69) is 104 Å². The van der Waals surface area contributed by atoms with Gasteiger partial charge in [0.05, 0.1) is 18.8 Å². The molecule has 0 spiro atoms. The van der Waals surface area contributed by atoms with Crippen molar-refractivity contribution in [3.63, 3.8) is 0 Å². The molecule has 9 heteroatoms. The van der Waals surface area contributed by atoms with Crippen molar-refractivity contribution in [2.75, 3.05) is 19.9 Å². The van der Waals surface area contributed by atoms with E-state index in [-0.39, 0.29) is 34.1 Å². The van der Waals surface area contributed by atoms with Gasteiger partial charge >= 0.3 is 0 Å². The highest BCUT2D eigenvalue weighted by Gasteiger charge is 2.47. The second-order valence-electron chi connectivity index (χ2n) is 17.2. The van der Waals surface area contributed by atoms with Crippen molar-refractivity contribution in [3.8, 4) is 0 Å². The average Bonchev–Trinajstić information content (AvgIpc) is 3.20. The first-order valence-corrected chi connectivity index (χ1v) is 26.1. The van der Waals surface area contributed by atoms with E-state index in [0.717, 1.165) is 51.4 Å². The molecule has 2 rings (SSSR count). The van der Waals surface area contributed by atoms with Crippen LogP contribution in [0.5, 0.6) is 0 Å². The van der Waals surface area contributed by atoms with Crippen LogP contribution in [0.2, 0.25) is 36.3 Å². The second kappa shape index (κ2) is 17.9. The molecule has 1 unspecified atom stereocenters. The number of ether oxygens (including phenoxy) is 1. The summed E-state index contributed by atoms with van der Waals surface area (Å²) >= 11 is 0. The molecule has 47 heavy (non-hydrogen) atoms. The van der Waals surface area contributed by atoms with E-state index in [4.69, 9.17) is 13.6 Å². The fourth-order valence-electron chi connectivity index (χ4n) is 5.92. The fourth-order valence-corrected chi connectivity index (χ4v) is 9.39. The van der Waals surface area contributed by atoms with Gasteiger partial charge in [0.15, 0.2) is 24.0 Å². The maximum absolute atomic E-state index is 13.6. The van der Waals surface area contributed by atoms with Gasteiger partial charge in [0, 0.05) is 38.2 Å². The molecule has 6 nitrogen and oxygen atoms in total. The Hall–Kier alpha value is -0.866. The van der Waals surface area contributed by atoms with Crippen LogP contribution >= 0.6 is 7.37 Å². The van der Waals surface area contributed by atoms with Crippen LogP contribution in [0.1, 0.15) is 104 Å². The molecule has 0 radical (unpaired) electrons. The molecule has 0 aromatic heterocycles. The van der Waals surface area contributed by atoms with Crippen LogP contribution in [-0.2, 0) is 36.0 Å². The number of methoxy groups -OCH3 is 1. The SMILES string of the molecule is COCc1cccc(CCC[C@@H](C=C[C@H]2[C@H](O[Si](C)(C)C(C)(C)C)CC(=O)[C@@H]2CCCCCCP(C)(=O)O)O[Si](C)(C)C(C)(C)C)c1. The molecule has 0 saturated heterocycles. The minimum absolute atomic E-state index is 0.0221. The van der Waals surface area contributed by atoms with Crippen molar-refractivity contribution in [1.29, 1.82) is 0 Å². The minimum Gasteiger partial charge on any atom is -0.413 e. The van der Waals surface area contributed by atoms with Crippen LogP contribution in [0.3, 0.4) is 0 Å². The third-order valence-corrected chi connectivity index (χ3v) is 21.0. The predicted molar refractivity (Wildman–Crippen MR) is 204 cm³/mol. The molecule has 0 heterocycles. The Morgan fingerprint density at radius 1 is 0.957 bits per heavy atom. The monoisotopic (exact) mass is 708 g/mol. The first-order chi connectivity index (χ1) is 21.6. The van der Waals surface area contributed by atoms with Crippen LogP contribution in [0, 0.1) is 11.8 Å². The lowest BCUT2D eigenvalue weighted by Crippen LogP contribution is -2.45. The summed E-state index contributed by atoms with van der Waals surface area (Å²) in [5.41, 5.74) is 2.52. The molecule has 1 aromatic carbocycles. The third-order valence-electron chi connectivity index (χ3n) is 10.9. The van der Waals surface area contributed by atoms with Crippen molar-refractivity contribution in [2.24, 2.45) is 11.8 Å². The highest BCUT2D eigenvalue weighted by atomic mass is 31.2. The lowest BCUT2D eigenvalue weighted by Gasteiger charge is -2.40. The van der Waals surface area contributed by atoms with E-state index in [1.807, 2.05) is 0 Å². The van der Waals surface area contributed by atoms with Crippen molar-refractivity contribution < 1.29 is 27.8 Å². The summed E-state index contributed by atoms with van der Waals surface area (Å²) in [5.74, 6) is 0.281. The quantitative estimate of drug-likeness (QED) is 0.0667. The topological polar surface area (TPSA) is 82.1 Å². The van der Waals surface area contributed by atoms with Crippen LogP contribution in [0.15, 0.2) is 36.4 Å². The summed E-state index contributed by atoms with van der Waals surface area (Å²) in [7, 11) is -5.37. The summed E-state index contributed by atoms with van der Waals surface area (Å²) in [5, 5.41) is 0.150. The van der Waals surface area contributed by atoms with Crippen LogP contribution in [0.25, 0.3) is 0 Å². The smallest absolute Gasteiger partial charge is 0.197 e. The van der Waals surface area contributed by atoms with Gasteiger partial charge in [-0.15, -0.1) is 0 Å². The zero-order valence-corrected chi connectivity index (χ0v) is 34.9. The maximum Gasteiger partial charge on any atom is 0.197 e. The number of hydrogen-bond donors (Lipinski definition) is 1. The van der Waals surface area contributed by atoms with Crippen molar-refractivity contribution in [3.05, 3.63) is 47.5 Å².